The third-order valence-electron chi connectivity index (χ3n) is 4.31. The van der Waals surface area contributed by atoms with Crippen molar-refractivity contribution < 1.29 is 9.13 Å². The van der Waals surface area contributed by atoms with Crippen molar-refractivity contribution in [2.24, 2.45) is 11.5 Å². The molecule has 1 aliphatic heterocycles. The highest BCUT2D eigenvalue weighted by Crippen LogP contribution is 2.45. The highest BCUT2D eigenvalue weighted by Gasteiger charge is 2.47. The number of pyridine rings is 2. The Morgan fingerprint density at radius 2 is 1.84 bits per heavy atom. The van der Waals surface area contributed by atoms with Crippen molar-refractivity contribution in [2.45, 2.75) is 18.7 Å². The Hall–Kier alpha value is -2.97. The Labute approximate surface area is 142 Å². The summed E-state index contributed by atoms with van der Waals surface area (Å²) in [7, 11) is 0. The summed E-state index contributed by atoms with van der Waals surface area (Å²) in [6, 6.07) is 5.47. The van der Waals surface area contributed by atoms with E-state index >= 15 is 0 Å². The average Bonchev–Trinajstić information content (AvgIpc) is 2.87. The minimum Gasteiger partial charge on any atom is -0.470 e. The number of aromatic nitrogens is 4. The SMILES string of the molecule is Cc1cc(-c2nccc3c2OC(N)C3(N)c2cnc(F)nc2)ccn1. The summed E-state index contributed by atoms with van der Waals surface area (Å²) in [5.41, 5.74) is 15.0. The van der Waals surface area contributed by atoms with Gasteiger partial charge in [-0.2, -0.15) is 4.39 Å². The number of nitrogens with two attached hydrogens (primary N) is 2. The minimum absolute atomic E-state index is 0.461. The first-order chi connectivity index (χ1) is 12.0. The molecule has 2 unspecified atom stereocenters. The highest BCUT2D eigenvalue weighted by atomic mass is 19.1. The fourth-order valence-corrected chi connectivity index (χ4v) is 3.01. The molecule has 4 heterocycles. The molecule has 0 aliphatic carbocycles. The van der Waals surface area contributed by atoms with Crippen LogP contribution in [-0.2, 0) is 5.54 Å². The maximum Gasteiger partial charge on any atom is 0.308 e. The van der Waals surface area contributed by atoms with Crippen molar-refractivity contribution in [1.29, 1.82) is 0 Å². The lowest BCUT2D eigenvalue weighted by atomic mass is 9.85. The molecular formula is C17H15FN6O. The van der Waals surface area contributed by atoms with Crippen molar-refractivity contribution in [3.05, 3.63) is 65.9 Å². The van der Waals surface area contributed by atoms with Crippen LogP contribution in [0.5, 0.6) is 5.75 Å². The molecule has 3 aromatic heterocycles. The summed E-state index contributed by atoms with van der Waals surface area (Å²) in [6.07, 6.45) is 4.25. The van der Waals surface area contributed by atoms with Crippen molar-refractivity contribution >= 4 is 0 Å². The first kappa shape index (κ1) is 15.6. The Morgan fingerprint density at radius 1 is 1.12 bits per heavy atom. The molecule has 4 rings (SSSR count). The van der Waals surface area contributed by atoms with E-state index < -0.39 is 17.8 Å². The number of hydrogen-bond acceptors (Lipinski definition) is 7. The molecule has 0 amide bonds. The van der Waals surface area contributed by atoms with Crippen LogP contribution in [0.15, 0.2) is 43.0 Å². The number of rotatable bonds is 2. The van der Waals surface area contributed by atoms with Gasteiger partial charge in [-0.05, 0) is 25.1 Å². The Kier molecular flexibility index (Phi) is 3.45. The van der Waals surface area contributed by atoms with Gasteiger partial charge in [-0.1, -0.05) is 0 Å². The predicted octanol–water partition coefficient (Wildman–Crippen LogP) is 1.26. The van der Waals surface area contributed by atoms with E-state index in [2.05, 4.69) is 19.9 Å². The van der Waals surface area contributed by atoms with Crippen LogP contribution in [0.2, 0.25) is 0 Å². The highest BCUT2D eigenvalue weighted by molar-refractivity contribution is 5.71. The Balaban J connectivity index is 1.90. The molecule has 0 bridgehead atoms. The molecule has 126 valence electrons. The second-order valence-electron chi connectivity index (χ2n) is 5.87. The van der Waals surface area contributed by atoms with Crippen molar-refractivity contribution in [3.63, 3.8) is 0 Å². The lowest BCUT2D eigenvalue weighted by molar-refractivity contribution is 0.177. The summed E-state index contributed by atoms with van der Waals surface area (Å²) in [6.45, 7) is 1.89. The fourth-order valence-electron chi connectivity index (χ4n) is 3.01. The quantitative estimate of drug-likeness (QED) is 0.676. The molecule has 0 saturated carbocycles. The smallest absolute Gasteiger partial charge is 0.308 e. The van der Waals surface area contributed by atoms with Gasteiger partial charge in [-0.15, -0.1) is 0 Å². The summed E-state index contributed by atoms with van der Waals surface area (Å²) >= 11 is 0. The van der Waals surface area contributed by atoms with Crippen LogP contribution in [0.1, 0.15) is 16.8 Å². The first-order valence-electron chi connectivity index (χ1n) is 7.62. The van der Waals surface area contributed by atoms with Gasteiger partial charge < -0.3 is 10.5 Å². The van der Waals surface area contributed by atoms with Gasteiger partial charge in [0.1, 0.15) is 11.2 Å². The van der Waals surface area contributed by atoms with E-state index in [9.17, 15) is 4.39 Å². The second-order valence-corrected chi connectivity index (χ2v) is 5.87. The van der Waals surface area contributed by atoms with Gasteiger partial charge in [0.05, 0.1) is 0 Å². The van der Waals surface area contributed by atoms with Gasteiger partial charge >= 0.3 is 6.08 Å². The molecule has 3 aromatic rings. The van der Waals surface area contributed by atoms with Gasteiger partial charge in [-0.3, -0.25) is 15.7 Å². The topological polar surface area (TPSA) is 113 Å². The van der Waals surface area contributed by atoms with Crippen LogP contribution in [0.4, 0.5) is 4.39 Å². The molecule has 1 aliphatic rings. The first-order valence-corrected chi connectivity index (χ1v) is 7.62. The third-order valence-corrected chi connectivity index (χ3v) is 4.31. The van der Waals surface area contributed by atoms with Gasteiger partial charge in [0, 0.05) is 47.2 Å². The number of halogens is 1. The summed E-state index contributed by atoms with van der Waals surface area (Å²) in [5.74, 6) is 0.493. The number of fused-ring (bicyclic) bond motifs is 1. The summed E-state index contributed by atoms with van der Waals surface area (Å²) < 4.78 is 18.9. The zero-order valence-electron chi connectivity index (χ0n) is 13.3. The minimum atomic E-state index is -1.21. The molecule has 8 heteroatoms. The van der Waals surface area contributed by atoms with Crippen molar-refractivity contribution in [2.75, 3.05) is 0 Å². The van der Waals surface area contributed by atoms with Crippen molar-refractivity contribution in [3.8, 4) is 17.0 Å². The van der Waals surface area contributed by atoms with Crippen LogP contribution in [0, 0.1) is 13.0 Å². The molecule has 25 heavy (non-hydrogen) atoms. The van der Waals surface area contributed by atoms with Crippen LogP contribution < -0.4 is 16.2 Å². The van der Waals surface area contributed by atoms with Crippen LogP contribution >= 0.6 is 0 Å². The van der Waals surface area contributed by atoms with E-state index in [1.54, 1.807) is 18.5 Å². The molecule has 0 fully saturated rings. The van der Waals surface area contributed by atoms with Crippen molar-refractivity contribution in [1.82, 2.24) is 19.9 Å². The van der Waals surface area contributed by atoms with E-state index in [0.717, 1.165) is 11.3 Å². The van der Waals surface area contributed by atoms with Gasteiger partial charge in [0.2, 0.25) is 0 Å². The number of aryl methyl sites for hydroxylation is 1. The Bertz CT molecular complexity index is 948. The largest absolute Gasteiger partial charge is 0.470 e. The van der Waals surface area contributed by atoms with Gasteiger partial charge in [0.25, 0.3) is 0 Å². The lowest BCUT2D eigenvalue weighted by Gasteiger charge is -2.27. The van der Waals surface area contributed by atoms with E-state index in [4.69, 9.17) is 16.2 Å². The zero-order chi connectivity index (χ0) is 17.6. The number of hydrogen-bond donors (Lipinski definition) is 2. The zero-order valence-corrected chi connectivity index (χ0v) is 13.3. The summed E-state index contributed by atoms with van der Waals surface area (Å²) in [4.78, 5) is 15.8. The van der Waals surface area contributed by atoms with Crippen LogP contribution in [-0.4, -0.2) is 26.2 Å². The summed E-state index contributed by atoms with van der Waals surface area (Å²) in [5, 5.41) is 0. The standard InChI is InChI=1S/C17H15FN6O/c1-9-6-10(2-4-21-9)13-14-12(3-5-22-13)17(20,15(19)25-14)11-7-23-16(18)24-8-11/h2-8,15H,19-20H2,1H3. The van der Waals surface area contributed by atoms with Crippen LogP contribution in [0.3, 0.4) is 0 Å². The lowest BCUT2D eigenvalue weighted by Crippen LogP contribution is -2.52. The monoisotopic (exact) mass is 338 g/mol. The predicted molar refractivity (Wildman–Crippen MR) is 87.8 cm³/mol. The normalized spacial score (nSPS) is 21.7. The van der Waals surface area contributed by atoms with Gasteiger partial charge in [-0.25, -0.2) is 9.97 Å². The van der Waals surface area contributed by atoms with Crippen LogP contribution in [0.25, 0.3) is 11.3 Å². The molecule has 7 nitrogen and oxygen atoms in total. The number of nitrogens with zero attached hydrogens (tertiary/aromatic N) is 4. The maximum atomic E-state index is 13.1. The Morgan fingerprint density at radius 3 is 2.56 bits per heavy atom. The molecule has 0 radical (unpaired) electrons. The molecule has 0 spiro atoms. The molecule has 0 aromatic carbocycles. The average molecular weight is 338 g/mol. The molecule has 2 atom stereocenters. The molecule has 4 N–H and O–H groups in total. The van der Waals surface area contributed by atoms with E-state index in [1.165, 1.54) is 12.4 Å². The van der Waals surface area contributed by atoms with E-state index in [1.807, 2.05) is 19.1 Å². The maximum absolute atomic E-state index is 13.1. The van der Waals surface area contributed by atoms with E-state index in [-0.39, 0.29) is 0 Å². The number of ether oxygens (including phenoxy) is 1. The molecule has 0 saturated heterocycles. The third kappa shape index (κ3) is 2.34. The second kappa shape index (κ2) is 5.54. The fraction of sp³-hybridized carbons (Fsp3) is 0.176. The molecular weight excluding hydrogens is 323 g/mol. The van der Waals surface area contributed by atoms with Gasteiger partial charge in [0.15, 0.2) is 12.0 Å². The van der Waals surface area contributed by atoms with E-state index in [0.29, 0.717) is 22.6 Å².